The zero-order valence-electron chi connectivity index (χ0n) is 13.1. The lowest BCUT2D eigenvalue weighted by molar-refractivity contribution is -0.137. The fourth-order valence-corrected chi connectivity index (χ4v) is 2.09. The van der Waals surface area contributed by atoms with Gasteiger partial charge in [0.05, 0.1) is 16.7 Å². The molecule has 0 aliphatic heterocycles. The van der Waals surface area contributed by atoms with E-state index in [9.17, 15) is 14.4 Å². The first-order valence-electron chi connectivity index (χ1n) is 7.22. The summed E-state index contributed by atoms with van der Waals surface area (Å²) in [5.74, 6) is -1.46. The highest BCUT2D eigenvalue weighted by atomic mass is 35.5. The first kappa shape index (κ1) is 20.0. The number of carbonyl (C=O) groups excluding carboxylic acids is 3. The molecular formula is C16H18Cl2N2O4. The van der Waals surface area contributed by atoms with Crippen molar-refractivity contribution in [2.45, 2.75) is 25.8 Å². The molecule has 0 saturated carbocycles. The van der Waals surface area contributed by atoms with Crippen LogP contribution < -0.4 is 11.1 Å². The summed E-state index contributed by atoms with van der Waals surface area (Å²) in [5, 5.41) is 3.27. The molecule has 1 rings (SSSR count). The second-order valence-corrected chi connectivity index (χ2v) is 5.64. The molecule has 0 spiro atoms. The number of rotatable bonds is 8. The van der Waals surface area contributed by atoms with Crippen LogP contribution in [0.15, 0.2) is 30.4 Å². The van der Waals surface area contributed by atoms with Gasteiger partial charge in [-0.05, 0) is 31.5 Å². The summed E-state index contributed by atoms with van der Waals surface area (Å²) in [7, 11) is 0. The maximum atomic E-state index is 12.3. The van der Waals surface area contributed by atoms with E-state index in [4.69, 9.17) is 33.7 Å². The van der Waals surface area contributed by atoms with Crippen LogP contribution in [0.2, 0.25) is 10.0 Å². The number of ether oxygens (including phenoxy) is 1. The van der Waals surface area contributed by atoms with Crippen LogP contribution in [-0.2, 0) is 14.3 Å². The van der Waals surface area contributed by atoms with Gasteiger partial charge in [-0.25, -0.2) is 4.79 Å². The maximum absolute atomic E-state index is 12.3. The average molecular weight is 373 g/mol. The van der Waals surface area contributed by atoms with Crippen molar-refractivity contribution >= 4 is 41.0 Å². The summed E-state index contributed by atoms with van der Waals surface area (Å²) in [6.07, 6.45) is 2.96. The van der Waals surface area contributed by atoms with E-state index >= 15 is 0 Å². The Balaban J connectivity index is 2.81. The Morgan fingerprint density at radius 3 is 2.58 bits per heavy atom. The predicted octanol–water partition coefficient (Wildman–Crippen LogP) is 2.48. The molecule has 3 N–H and O–H groups in total. The van der Waals surface area contributed by atoms with Crippen LogP contribution in [0.5, 0.6) is 0 Å². The van der Waals surface area contributed by atoms with Gasteiger partial charge in [0.2, 0.25) is 5.91 Å². The molecule has 1 aromatic rings. The molecule has 0 radical (unpaired) electrons. The first-order chi connectivity index (χ1) is 11.3. The minimum absolute atomic E-state index is 0.0550. The van der Waals surface area contributed by atoms with Gasteiger partial charge >= 0.3 is 5.97 Å². The number of primary amides is 1. The monoisotopic (exact) mass is 372 g/mol. The molecule has 0 saturated heterocycles. The van der Waals surface area contributed by atoms with Crippen molar-refractivity contribution in [3.8, 4) is 0 Å². The van der Waals surface area contributed by atoms with E-state index in [1.165, 1.54) is 30.4 Å². The zero-order chi connectivity index (χ0) is 18.1. The maximum Gasteiger partial charge on any atom is 0.330 e. The highest BCUT2D eigenvalue weighted by Gasteiger charge is 2.14. The molecule has 0 unspecified atom stereocenters. The molecule has 0 bridgehead atoms. The predicted molar refractivity (Wildman–Crippen MR) is 91.9 cm³/mol. The Kier molecular flexibility index (Phi) is 8.29. The molecule has 0 fully saturated rings. The average Bonchev–Trinajstić information content (AvgIpc) is 2.52. The SMILES string of the molecule is CCOC(=O)C=C[C@H](CCC(N)=O)NC(=O)c1ccc(Cl)c(Cl)c1. The molecule has 130 valence electrons. The van der Waals surface area contributed by atoms with Crippen molar-refractivity contribution in [1.29, 1.82) is 0 Å². The molecule has 0 aliphatic carbocycles. The lowest BCUT2D eigenvalue weighted by Crippen LogP contribution is -2.34. The van der Waals surface area contributed by atoms with Crippen LogP contribution in [0.25, 0.3) is 0 Å². The van der Waals surface area contributed by atoms with Gasteiger partial charge in [0.15, 0.2) is 0 Å². The van der Waals surface area contributed by atoms with Gasteiger partial charge in [-0.1, -0.05) is 29.3 Å². The van der Waals surface area contributed by atoms with E-state index in [-0.39, 0.29) is 24.5 Å². The molecule has 0 heterocycles. The van der Waals surface area contributed by atoms with E-state index in [1.54, 1.807) is 6.92 Å². The smallest absolute Gasteiger partial charge is 0.330 e. The van der Waals surface area contributed by atoms with Crippen molar-refractivity contribution < 1.29 is 19.1 Å². The van der Waals surface area contributed by atoms with E-state index < -0.39 is 23.8 Å². The molecule has 8 heteroatoms. The van der Waals surface area contributed by atoms with E-state index in [1.807, 2.05) is 0 Å². The van der Waals surface area contributed by atoms with Gasteiger partial charge in [-0.15, -0.1) is 0 Å². The molecule has 6 nitrogen and oxygen atoms in total. The Bertz CT molecular complexity index is 647. The third kappa shape index (κ3) is 7.02. The minimum atomic E-state index is -0.566. The normalized spacial score (nSPS) is 12.0. The standard InChI is InChI=1S/C16H18Cl2N2O4/c1-2-24-15(22)8-5-11(4-7-14(19)21)20-16(23)10-3-6-12(17)13(18)9-10/h3,5-6,8-9,11H,2,4,7H2,1H3,(H2,19,21)(H,20,23)/t11-/m0/s1. The summed E-state index contributed by atoms with van der Waals surface area (Å²) < 4.78 is 4.77. The van der Waals surface area contributed by atoms with Crippen LogP contribution in [0, 0.1) is 0 Å². The van der Waals surface area contributed by atoms with Gasteiger partial charge in [0.25, 0.3) is 5.91 Å². The van der Waals surface area contributed by atoms with Crippen LogP contribution in [0.4, 0.5) is 0 Å². The Labute approximate surface area is 149 Å². The molecular weight excluding hydrogens is 355 g/mol. The zero-order valence-corrected chi connectivity index (χ0v) is 14.6. The van der Waals surface area contributed by atoms with Crippen molar-refractivity contribution in [3.63, 3.8) is 0 Å². The number of carbonyl (C=O) groups is 3. The summed E-state index contributed by atoms with van der Waals surface area (Å²) in [6, 6.07) is 3.89. The Morgan fingerprint density at radius 2 is 2.00 bits per heavy atom. The fourth-order valence-electron chi connectivity index (χ4n) is 1.79. The number of esters is 1. The number of benzene rings is 1. The number of nitrogens with one attached hydrogen (secondary N) is 1. The van der Waals surface area contributed by atoms with Crippen molar-refractivity contribution in [2.24, 2.45) is 5.73 Å². The molecule has 1 aromatic carbocycles. The van der Waals surface area contributed by atoms with Crippen LogP contribution in [0.1, 0.15) is 30.1 Å². The van der Waals surface area contributed by atoms with E-state index in [2.05, 4.69) is 5.32 Å². The topological polar surface area (TPSA) is 98.5 Å². The fraction of sp³-hybridized carbons (Fsp3) is 0.312. The largest absolute Gasteiger partial charge is 0.463 e. The van der Waals surface area contributed by atoms with E-state index in [0.29, 0.717) is 10.6 Å². The third-order valence-electron chi connectivity index (χ3n) is 2.95. The minimum Gasteiger partial charge on any atom is -0.463 e. The van der Waals surface area contributed by atoms with Crippen molar-refractivity contribution in [2.75, 3.05) is 6.61 Å². The second kappa shape index (κ2) is 9.95. The summed E-state index contributed by atoms with van der Waals surface area (Å²) in [5.41, 5.74) is 5.43. The lowest BCUT2D eigenvalue weighted by Gasteiger charge is -2.14. The third-order valence-corrected chi connectivity index (χ3v) is 3.69. The van der Waals surface area contributed by atoms with Crippen LogP contribution >= 0.6 is 23.2 Å². The number of hydrogen-bond acceptors (Lipinski definition) is 4. The Hall–Kier alpha value is -2.05. The molecule has 2 amide bonds. The highest BCUT2D eigenvalue weighted by Crippen LogP contribution is 2.22. The van der Waals surface area contributed by atoms with Gasteiger partial charge in [-0.2, -0.15) is 0 Å². The second-order valence-electron chi connectivity index (χ2n) is 4.82. The number of halogens is 2. The first-order valence-corrected chi connectivity index (χ1v) is 7.98. The van der Waals surface area contributed by atoms with Gasteiger partial charge < -0.3 is 15.8 Å². The molecule has 1 atom stereocenters. The Morgan fingerprint density at radius 1 is 1.29 bits per heavy atom. The lowest BCUT2D eigenvalue weighted by atomic mass is 10.1. The van der Waals surface area contributed by atoms with Gasteiger partial charge in [0.1, 0.15) is 0 Å². The summed E-state index contributed by atoms with van der Waals surface area (Å²) >= 11 is 11.7. The van der Waals surface area contributed by atoms with Crippen molar-refractivity contribution in [1.82, 2.24) is 5.32 Å². The number of nitrogens with two attached hydrogens (primary N) is 1. The van der Waals surface area contributed by atoms with Gasteiger partial charge in [-0.3, -0.25) is 9.59 Å². The number of amides is 2. The molecule has 0 aromatic heterocycles. The number of hydrogen-bond donors (Lipinski definition) is 2. The van der Waals surface area contributed by atoms with Gasteiger partial charge in [0, 0.05) is 24.1 Å². The molecule has 0 aliphatic rings. The summed E-state index contributed by atoms with van der Waals surface area (Å²) in [6.45, 7) is 1.92. The summed E-state index contributed by atoms with van der Waals surface area (Å²) in [4.78, 5) is 34.6. The van der Waals surface area contributed by atoms with Crippen LogP contribution in [-0.4, -0.2) is 30.4 Å². The van der Waals surface area contributed by atoms with Crippen molar-refractivity contribution in [3.05, 3.63) is 46.0 Å². The molecule has 24 heavy (non-hydrogen) atoms. The van der Waals surface area contributed by atoms with E-state index in [0.717, 1.165) is 0 Å². The highest BCUT2D eigenvalue weighted by molar-refractivity contribution is 6.42. The quantitative estimate of drug-likeness (QED) is 0.540. The van der Waals surface area contributed by atoms with Crippen LogP contribution in [0.3, 0.4) is 0 Å².